The van der Waals surface area contributed by atoms with Crippen LogP contribution in [0.15, 0.2) is 65.0 Å². The van der Waals surface area contributed by atoms with Gasteiger partial charge in [0.05, 0.1) is 24.9 Å². The largest absolute Gasteiger partial charge is 0.494 e. The third-order valence-electron chi connectivity index (χ3n) is 4.44. The highest BCUT2D eigenvalue weighted by atomic mass is 35.5. The second kappa shape index (κ2) is 8.17. The van der Waals surface area contributed by atoms with Crippen LogP contribution >= 0.6 is 22.9 Å². The van der Waals surface area contributed by atoms with E-state index in [1.165, 1.54) is 11.3 Å². The van der Waals surface area contributed by atoms with Crippen molar-refractivity contribution in [3.05, 3.63) is 81.2 Å². The molecule has 0 aliphatic heterocycles. The summed E-state index contributed by atoms with van der Waals surface area (Å²) in [6, 6.07) is 15.4. The van der Waals surface area contributed by atoms with Gasteiger partial charge in [-0.05, 0) is 41.8 Å². The van der Waals surface area contributed by atoms with E-state index in [1.807, 2.05) is 53.9 Å². The summed E-state index contributed by atoms with van der Waals surface area (Å²) >= 11 is 7.55. The molecule has 0 fully saturated rings. The molecule has 28 heavy (non-hydrogen) atoms. The van der Waals surface area contributed by atoms with Crippen LogP contribution in [0.2, 0.25) is 5.02 Å². The third kappa shape index (κ3) is 3.81. The number of ether oxygens (including phenoxy) is 1. The molecule has 0 saturated heterocycles. The van der Waals surface area contributed by atoms with Gasteiger partial charge in [0.2, 0.25) is 0 Å². The lowest BCUT2D eigenvalue weighted by Gasteiger charge is -2.08. The molecule has 0 saturated carbocycles. The zero-order valence-electron chi connectivity index (χ0n) is 15.4. The standard InChI is InChI=1S/C22H19ClN2O2S/c1-2-10-27-18-8-6-16(7-9-18)19-13-28-21-20(19)22(26)25(14-24-21)12-15-4-3-5-17(23)11-15/h3-9,11,13-14H,2,10,12H2,1H3. The summed E-state index contributed by atoms with van der Waals surface area (Å²) < 4.78 is 7.28. The average molecular weight is 411 g/mol. The van der Waals surface area contributed by atoms with E-state index in [4.69, 9.17) is 16.3 Å². The number of halogens is 1. The van der Waals surface area contributed by atoms with Gasteiger partial charge >= 0.3 is 0 Å². The fourth-order valence-corrected chi connectivity index (χ4v) is 4.19. The predicted octanol–water partition coefficient (Wildman–Crippen LogP) is 5.62. The highest BCUT2D eigenvalue weighted by Crippen LogP contribution is 2.31. The minimum Gasteiger partial charge on any atom is -0.494 e. The number of nitrogens with zero attached hydrogens (tertiary/aromatic N) is 2. The molecule has 6 heteroatoms. The Hall–Kier alpha value is -2.63. The van der Waals surface area contributed by atoms with Gasteiger partial charge in [0.15, 0.2) is 0 Å². The molecule has 0 unspecified atom stereocenters. The molecule has 4 rings (SSSR count). The number of benzene rings is 2. The van der Waals surface area contributed by atoms with Gasteiger partial charge in [-0.1, -0.05) is 42.8 Å². The van der Waals surface area contributed by atoms with Crippen molar-refractivity contribution in [2.24, 2.45) is 0 Å². The van der Waals surface area contributed by atoms with E-state index in [0.29, 0.717) is 23.6 Å². The maximum absolute atomic E-state index is 13.2. The second-order valence-electron chi connectivity index (χ2n) is 6.51. The van der Waals surface area contributed by atoms with Crippen LogP contribution in [0.3, 0.4) is 0 Å². The predicted molar refractivity (Wildman–Crippen MR) is 116 cm³/mol. The monoisotopic (exact) mass is 410 g/mol. The molecule has 0 spiro atoms. The number of thiophene rings is 1. The van der Waals surface area contributed by atoms with Crippen molar-refractivity contribution >= 4 is 33.2 Å². The Kier molecular flexibility index (Phi) is 5.46. The highest BCUT2D eigenvalue weighted by Gasteiger charge is 2.13. The fourth-order valence-electron chi connectivity index (χ4n) is 3.08. The molecule has 0 aliphatic rings. The van der Waals surface area contributed by atoms with Gasteiger partial charge in [0, 0.05) is 16.0 Å². The number of hydrogen-bond acceptors (Lipinski definition) is 4. The van der Waals surface area contributed by atoms with E-state index in [-0.39, 0.29) is 5.56 Å². The quantitative estimate of drug-likeness (QED) is 0.414. The first-order valence-electron chi connectivity index (χ1n) is 9.10. The average Bonchev–Trinajstić information content (AvgIpc) is 3.14. The van der Waals surface area contributed by atoms with E-state index in [9.17, 15) is 4.79 Å². The molecular weight excluding hydrogens is 392 g/mol. The van der Waals surface area contributed by atoms with E-state index in [0.717, 1.165) is 33.7 Å². The van der Waals surface area contributed by atoms with Crippen molar-refractivity contribution < 1.29 is 4.74 Å². The van der Waals surface area contributed by atoms with E-state index in [2.05, 4.69) is 11.9 Å². The van der Waals surface area contributed by atoms with E-state index in [1.54, 1.807) is 10.9 Å². The zero-order valence-corrected chi connectivity index (χ0v) is 17.0. The number of fused-ring (bicyclic) bond motifs is 1. The van der Waals surface area contributed by atoms with Crippen LogP contribution in [0, 0.1) is 0 Å². The third-order valence-corrected chi connectivity index (χ3v) is 5.56. The summed E-state index contributed by atoms with van der Waals surface area (Å²) in [7, 11) is 0. The van der Waals surface area contributed by atoms with E-state index < -0.39 is 0 Å². The van der Waals surface area contributed by atoms with Crippen molar-refractivity contribution in [3.8, 4) is 16.9 Å². The minimum atomic E-state index is -0.0486. The molecule has 0 aliphatic carbocycles. The summed E-state index contributed by atoms with van der Waals surface area (Å²) in [6.07, 6.45) is 2.57. The lowest BCUT2D eigenvalue weighted by atomic mass is 10.1. The maximum atomic E-state index is 13.2. The van der Waals surface area contributed by atoms with Crippen molar-refractivity contribution in [3.63, 3.8) is 0 Å². The van der Waals surface area contributed by atoms with Crippen LogP contribution in [-0.4, -0.2) is 16.2 Å². The first-order chi connectivity index (χ1) is 13.7. The topological polar surface area (TPSA) is 44.1 Å². The normalized spacial score (nSPS) is 11.1. The van der Waals surface area contributed by atoms with Crippen LogP contribution in [0.4, 0.5) is 0 Å². The van der Waals surface area contributed by atoms with Crippen molar-refractivity contribution in [2.75, 3.05) is 6.61 Å². The summed E-state index contributed by atoms with van der Waals surface area (Å²) in [5.74, 6) is 0.835. The van der Waals surface area contributed by atoms with Crippen LogP contribution in [-0.2, 0) is 6.54 Å². The molecule has 0 atom stereocenters. The van der Waals surface area contributed by atoms with Crippen molar-refractivity contribution in [1.82, 2.24) is 9.55 Å². The zero-order chi connectivity index (χ0) is 19.5. The Labute approximate surface area is 172 Å². The van der Waals surface area contributed by atoms with Gasteiger partial charge in [-0.2, -0.15) is 0 Å². The Bertz CT molecular complexity index is 1170. The molecule has 0 bridgehead atoms. The Morgan fingerprint density at radius 3 is 2.75 bits per heavy atom. The van der Waals surface area contributed by atoms with Crippen LogP contribution in [0.1, 0.15) is 18.9 Å². The Balaban J connectivity index is 1.71. The van der Waals surface area contributed by atoms with Crippen molar-refractivity contribution in [1.29, 1.82) is 0 Å². The fraction of sp³-hybridized carbons (Fsp3) is 0.182. The molecule has 142 valence electrons. The van der Waals surface area contributed by atoms with Gasteiger partial charge in [0.1, 0.15) is 10.6 Å². The minimum absolute atomic E-state index is 0.0486. The van der Waals surface area contributed by atoms with Gasteiger partial charge in [0.25, 0.3) is 5.56 Å². The summed E-state index contributed by atoms with van der Waals surface area (Å²) in [6.45, 7) is 3.20. The molecule has 0 amide bonds. The summed E-state index contributed by atoms with van der Waals surface area (Å²) in [4.78, 5) is 18.4. The van der Waals surface area contributed by atoms with E-state index >= 15 is 0 Å². The van der Waals surface area contributed by atoms with Crippen LogP contribution < -0.4 is 10.3 Å². The smallest absolute Gasteiger partial charge is 0.263 e. The first kappa shape index (κ1) is 18.7. The van der Waals surface area contributed by atoms with Crippen LogP contribution in [0.5, 0.6) is 5.75 Å². The summed E-state index contributed by atoms with van der Waals surface area (Å²) in [5.41, 5.74) is 2.80. The molecule has 4 nitrogen and oxygen atoms in total. The van der Waals surface area contributed by atoms with Crippen molar-refractivity contribution in [2.45, 2.75) is 19.9 Å². The number of aromatic nitrogens is 2. The SMILES string of the molecule is CCCOc1ccc(-c2csc3ncn(Cc4cccc(Cl)c4)c(=O)c23)cc1. The molecular formula is C22H19ClN2O2S. The molecule has 0 radical (unpaired) electrons. The number of hydrogen-bond donors (Lipinski definition) is 0. The van der Waals surface area contributed by atoms with Gasteiger partial charge in [-0.3, -0.25) is 9.36 Å². The highest BCUT2D eigenvalue weighted by molar-refractivity contribution is 7.17. The molecule has 0 N–H and O–H groups in total. The number of rotatable bonds is 6. The summed E-state index contributed by atoms with van der Waals surface area (Å²) in [5, 5.41) is 3.29. The van der Waals surface area contributed by atoms with Gasteiger partial charge in [-0.25, -0.2) is 4.98 Å². The van der Waals surface area contributed by atoms with Gasteiger partial charge < -0.3 is 4.74 Å². The molecule has 2 aromatic heterocycles. The maximum Gasteiger partial charge on any atom is 0.263 e. The Morgan fingerprint density at radius 2 is 2.00 bits per heavy atom. The van der Waals surface area contributed by atoms with Gasteiger partial charge in [-0.15, -0.1) is 11.3 Å². The Morgan fingerprint density at radius 1 is 1.18 bits per heavy atom. The molecule has 4 aromatic rings. The molecule has 2 heterocycles. The lowest BCUT2D eigenvalue weighted by Crippen LogP contribution is -2.20. The second-order valence-corrected chi connectivity index (χ2v) is 7.80. The molecule has 2 aromatic carbocycles. The first-order valence-corrected chi connectivity index (χ1v) is 10.4. The van der Waals surface area contributed by atoms with Crippen LogP contribution in [0.25, 0.3) is 21.3 Å². The lowest BCUT2D eigenvalue weighted by molar-refractivity contribution is 0.317.